The molecule has 0 unspecified atom stereocenters. The molecule has 4 aromatic heterocycles. The maximum absolute atomic E-state index is 5.15. The Labute approximate surface area is 185 Å². The van der Waals surface area contributed by atoms with Crippen molar-refractivity contribution in [2.45, 2.75) is 27.2 Å². The number of aromatic nitrogens is 5. The van der Waals surface area contributed by atoms with Gasteiger partial charge in [0.25, 0.3) is 0 Å². The molecule has 0 atom stereocenters. The number of imidazole rings is 1. The summed E-state index contributed by atoms with van der Waals surface area (Å²) in [6.45, 7) is 6.39. The third-order valence-electron chi connectivity index (χ3n) is 6.40. The van der Waals surface area contributed by atoms with E-state index in [4.69, 9.17) is 4.98 Å². The maximum Gasteiger partial charge on any atom is 0.141 e. The first-order chi connectivity index (χ1) is 15.7. The van der Waals surface area contributed by atoms with E-state index in [1.165, 1.54) is 16.5 Å². The van der Waals surface area contributed by atoms with Crippen LogP contribution in [0.4, 0.5) is 0 Å². The number of hydrogen-bond donors (Lipinski definition) is 2. The molecule has 0 radical (unpaired) electrons. The van der Waals surface area contributed by atoms with Gasteiger partial charge in [-0.3, -0.25) is 9.97 Å². The van der Waals surface area contributed by atoms with Crippen LogP contribution >= 0.6 is 0 Å². The van der Waals surface area contributed by atoms with Crippen molar-refractivity contribution in [3.05, 3.63) is 72.2 Å². The summed E-state index contributed by atoms with van der Waals surface area (Å²) < 4.78 is 0. The number of allylic oxidation sites excluding steroid dienone is 2. The zero-order chi connectivity index (χ0) is 21.8. The Bertz CT molecular complexity index is 1610. The highest BCUT2D eigenvalue weighted by atomic mass is 14.9. The van der Waals surface area contributed by atoms with Gasteiger partial charge in [-0.2, -0.15) is 0 Å². The number of pyridine rings is 2. The van der Waals surface area contributed by atoms with Crippen molar-refractivity contribution in [1.82, 2.24) is 24.9 Å². The highest BCUT2D eigenvalue weighted by molar-refractivity contribution is 6.21. The van der Waals surface area contributed by atoms with Crippen LogP contribution in [0.15, 0.2) is 60.9 Å². The van der Waals surface area contributed by atoms with E-state index >= 15 is 0 Å². The first-order valence-electron chi connectivity index (χ1n) is 11.0. The summed E-state index contributed by atoms with van der Waals surface area (Å²) in [5.41, 5.74) is 9.51. The van der Waals surface area contributed by atoms with Crippen LogP contribution < -0.4 is 0 Å². The highest BCUT2D eigenvalue weighted by Crippen LogP contribution is 2.38. The molecular weight excluding hydrogens is 394 g/mol. The van der Waals surface area contributed by atoms with Gasteiger partial charge in [0.05, 0.1) is 33.3 Å². The van der Waals surface area contributed by atoms with Gasteiger partial charge in [-0.15, -0.1) is 0 Å². The molecule has 0 saturated heterocycles. The number of hydrogen-bond acceptors (Lipinski definition) is 3. The summed E-state index contributed by atoms with van der Waals surface area (Å²) >= 11 is 0. The Hall–Kier alpha value is -3.99. The van der Waals surface area contributed by atoms with Crippen molar-refractivity contribution in [1.29, 1.82) is 0 Å². The molecule has 4 heterocycles. The Morgan fingerprint density at radius 1 is 0.906 bits per heavy atom. The van der Waals surface area contributed by atoms with Gasteiger partial charge in [0, 0.05) is 34.1 Å². The van der Waals surface area contributed by atoms with E-state index < -0.39 is 0 Å². The van der Waals surface area contributed by atoms with E-state index in [2.05, 4.69) is 77.1 Å². The molecule has 5 nitrogen and oxygen atoms in total. The van der Waals surface area contributed by atoms with E-state index in [-0.39, 0.29) is 0 Å². The van der Waals surface area contributed by atoms with Crippen molar-refractivity contribution in [3.8, 4) is 11.4 Å². The van der Waals surface area contributed by atoms with Crippen LogP contribution in [-0.4, -0.2) is 24.9 Å². The Kier molecular flexibility index (Phi) is 4.12. The lowest BCUT2D eigenvalue weighted by molar-refractivity contribution is 1.15. The second-order valence-corrected chi connectivity index (χ2v) is 8.19. The summed E-state index contributed by atoms with van der Waals surface area (Å²) in [6, 6.07) is 14.7. The zero-order valence-corrected chi connectivity index (χ0v) is 18.3. The fourth-order valence-electron chi connectivity index (χ4n) is 4.61. The smallest absolute Gasteiger partial charge is 0.141 e. The molecule has 0 aliphatic carbocycles. The standard InChI is InChI=1S/C27H23N5/c1-4-15(3)22-21(19-14-16(5-2)10-11-20(19)30-22)27-31-25-17-8-6-12-28-23(17)24-18(26(25)32-27)9-7-13-29-24/h4,6-14,30H,5H2,1-3H3,(H,31,32)/b15-4+. The average Bonchev–Trinajstić information content (AvgIpc) is 3.45. The highest BCUT2D eigenvalue weighted by Gasteiger charge is 2.20. The van der Waals surface area contributed by atoms with Gasteiger partial charge >= 0.3 is 0 Å². The number of fused-ring (bicyclic) bond motifs is 7. The van der Waals surface area contributed by atoms with Gasteiger partial charge in [-0.25, -0.2) is 4.98 Å². The van der Waals surface area contributed by atoms with Gasteiger partial charge in [0.2, 0.25) is 0 Å². The molecule has 0 aliphatic heterocycles. The molecular formula is C27H23N5. The average molecular weight is 418 g/mol. The Morgan fingerprint density at radius 3 is 2.41 bits per heavy atom. The molecule has 0 fully saturated rings. The first kappa shape index (κ1) is 18.8. The van der Waals surface area contributed by atoms with Crippen molar-refractivity contribution in [3.63, 3.8) is 0 Å². The summed E-state index contributed by atoms with van der Waals surface area (Å²) in [5, 5.41) is 3.23. The monoisotopic (exact) mass is 417 g/mol. The second kappa shape index (κ2) is 7.02. The number of rotatable bonds is 3. The number of aryl methyl sites for hydroxylation is 1. The minimum Gasteiger partial charge on any atom is -0.354 e. The topological polar surface area (TPSA) is 70.2 Å². The number of nitrogens with zero attached hydrogens (tertiary/aromatic N) is 3. The maximum atomic E-state index is 5.15. The van der Waals surface area contributed by atoms with Gasteiger partial charge < -0.3 is 9.97 Å². The molecule has 0 amide bonds. The minimum absolute atomic E-state index is 0.859. The Morgan fingerprint density at radius 2 is 1.66 bits per heavy atom. The number of aromatic amines is 2. The van der Waals surface area contributed by atoms with E-state index in [1.54, 1.807) is 0 Å². The Balaban J connectivity index is 1.76. The normalized spacial score (nSPS) is 12.5. The van der Waals surface area contributed by atoms with Crippen molar-refractivity contribution in [2.75, 3.05) is 0 Å². The van der Waals surface area contributed by atoms with Crippen LogP contribution in [0.25, 0.3) is 60.7 Å². The summed E-state index contributed by atoms with van der Waals surface area (Å²) in [4.78, 5) is 21.7. The molecule has 0 saturated carbocycles. The van der Waals surface area contributed by atoms with Crippen LogP contribution in [-0.2, 0) is 6.42 Å². The lowest BCUT2D eigenvalue weighted by atomic mass is 10.0. The fraction of sp³-hybridized carbons (Fsp3) is 0.148. The van der Waals surface area contributed by atoms with Crippen LogP contribution in [0.3, 0.4) is 0 Å². The van der Waals surface area contributed by atoms with E-state index in [0.29, 0.717) is 0 Å². The van der Waals surface area contributed by atoms with Crippen LogP contribution in [0.1, 0.15) is 32.0 Å². The largest absolute Gasteiger partial charge is 0.354 e. The molecule has 156 valence electrons. The number of H-pyrrole nitrogens is 2. The molecule has 32 heavy (non-hydrogen) atoms. The molecule has 6 rings (SSSR count). The predicted molar refractivity (Wildman–Crippen MR) is 133 cm³/mol. The summed E-state index contributed by atoms with van der Waals surface area (Å²) in [7, 11) is 0. The van der Waals surface area contributed by atoms with Crippen molar-refractivity contribution >= 4 is 49.3 Å². The first-order valence-corrected chi connectivity index (χ1v) is 11.0. The van der Waals surface area contributed by atoms with E-state index in [0.717, 1.165) is 61.9 Å². The summed E-state index contributed by atoms with van der Waals surface area (Å²) in [6.07, 6.45) is 6.76. The molecule has 0 spiro atoms. The van der Waals surface area contributed by atoms with Crippen molar-refractivity contribution in [2.24, 2.45) is 0 Å². The van der Waals surface area contributed by atoms with Gasteiger partial charge in [-0.05, 0) is 67.8 Å². The molecule has 2 aromatic carbocycles. The van der Waals surface area contributed by atoms with Gasteiger partial charge in [0.1, 0.15) is 5.82 Å². The quantitative estimate of drug-likeness (QED) is 0.311. The lowest BCUT2D eigenvalue weighted by Gasteiger charge is -2.03. The van der Waals surface area contributed by atoms with Gasteiger partial charge in [0.15, 0.2) is 0 Å². The lowest BCUT2D eigenvalue weighted by Crippen LogP contribution is -1.87. The SMILES string of the molecule is C/C=C(\C)c1[nH]c2ccc(CC)cc2c1-c1nc2c3cccnc3c3ncccc3c2[nH]1. The molecule has 6 aromatic rings. The molecule has 0 aliphatic rings. The van der Waals surface area contributed by atoms with E-state index in [1.807, 2.05) is 24.5 Å². The third kappa shape index (κ3) is 2.61. The molecule has 0 bridgehead atoms. The third-order valence-corrected chi connectivity index (χ3v) is 6.40. The van der Waals surface area contributed by atoms with Crippen LogP contribution in [0.2, 0.25) is 0 Å². The van der Waals surface area contributed by atoms with Crippen molar-refractivity contribution < 1.29 is 0 Å². The minimum atomic E-state index is 0.859. The summed E-state index contributed by atoms with van der Waals surface area (Å²) in [5.74, 6) is 0.859. The van der Waals surface area contributed by atoms with Crippen LogP contribution in [0.5, 0.6) is 0 Å². The predicted octanol–water partition coefficient (Wildman–Crippen LogP) is 6.79. The number of benzene rings is 2. The van der Waals surface area contributed by atoms with E-state index in [9.17, 15) is 0 Å². The van der Waals surface area contributed by atoms with Crippen LogP contribution in [0, 0.1) is 0 Å². The zero-order valence-electron chi connectivity index (χ0n) is 18.3. The fourth-order valence-corrected chi connectivity index (χ4v) is 4.61. The molecule has 5 heteroatoms. The second-order valence-electron chi connectivity index (χ2n) is 8.19. The molecule has 2 N–H and O–H groups in total. The van der Waals surface area contributed by atoms with Gasteiger partial charge in [-0.1, -0.05) is 19.1 Å². The number of nitrogens with one attached hydrogen (secondary N) is 2.